The van der Waals surface area contributed by atoms with Crippen molar-refractivity contribution in [1.29, 1.82) is 0 Å². The van der Waals surface area contributed by atoms with E-state index in [1.54, 1.807) is 7.11 Å². The third-order valence-electron chi connectivity index (χ3n) is 2.66. The maximum atomic E-state index is 10.5. The van der Waals surface area contributed by atoms with Crippen LogP contribution in [-0.4, -0.2) is 43.7 Å². The zero-order valence-corrected chi connectivity index (χ0v) is 11.1. The van der Waals surface area contributed by atoms with Gasteiger partial charge in [-0.2, -0.15) is 0 Å². The molecular weight excluding hydrogens is 260 g/mol. The van der Waals surface area contributed by atoms with Crippen LogP contribution in [0.25, 0.3) is 0 Å². The Bertz CT molecular complexity index is 535. The van der Waals surface area contributed by atoms with E-state index < -0.39 is 5.97 Å². The highest BCUT2D eigenvalue weighted by Crippen LogP contribution is 2.18. The highest BCUT2D eigenvalue weighted by atomic mass is 16.5. The maximum absolute atomic E-state index is 10.5. The topological polar surface area (TPSA) is 80.2 Å². The first-order valence-corrected chi connectivity index (χ1v) is 6.13. The van der Waals surface area contributed by atoms with Crippen LogP contribution in [-0.2, 0) is 9.53 Å². The number of ether oxygens (including phenoxy) is 2. The number of aliphatic imine (C=N–C) groups is 1. The molecule has 1 aliphatic heterocycles. The molecular formula is C14H16N2O4. The highest BCUT2D eigenvalue weighted by molar-refractivity contribution is 5.98. The van der Waals surface area contributed by atoms with Crippen LogP contribution in [0.5, 0.6) is 5.75 Å². The Kier molecular flexibility index (Phi) is 4.73. The molecule has 0 atom stereocenters. The van der Waals surface area contributed by atoms with Gasteiger partial charge in [-0.3, -0.25) is 9.79 Å². The van der Waals surface area contributed by atoms with Gasteiger partial charge in [-0.05, 0) is 30.3 Å². The van der Waals surface area contributed by atoms with Gasteiger partial charge in [0.2, 0.25) is 0 Å². The minimum atomic E-state index is -0.912. The second-order valence-corrected chi connectivity index (χ2v) is 4.21. The first-order chi connectivity index (χ1) is 9.67. The molecule has 1 aliphatic rings. The molecule has 6 nitrogen and oxygen atoms in total. The highest BCUT2D eigenvalue weighted by Gasteiger charge is 2.09. The van der Waals surface area contributed by atoms with Crippen LogP contribution in [0.15, 0.2) is 41.0 Å². The van der Waals surface area contributed by atoms with Crippen molar-refractivity contribution in [2.45, 2.75) is 0 Å². The van der Waals surface area contributed by atoms with Gasteiger partial charge in [0.05, 0.1) is 31.7 Å². The van der Waals surface area contributed by atoms with Gasteiger partial charge in [0.25, 0.3) is 0 Å². The molecule has 1 aromatic rings. The molecule has 0 aromatic heterocycles. The predicted molar refractivity (Wildman–Crippen MR) is 74.6 cm³/mol. The molecule has 6 heteroatoms. The quantitative estimate of drug-likeness (QED) is 0.848. The molecule has 0 unspecified atom stereocenters. The van der Waals surface area contributed by atoms with E-state index >= 15 is 0 Å². The van der Waals surface area contributed by atoms with Crippen molar-refractivity contribution in [2.75, 3.05) is 26.9 Å². The van der Waals surface area contributed by atoms with E-state index in [9.17, 15) is 4.79 Å². The van der Waals surface area contributed by atoms with E-state index in [0.29, 0.717) is 18.9 Å². The summed E-state index contributed by atoms with van der Waals surface area (Å²) in [7, 11) is 1.61. The summed E-state index contributed by atoms with van der Waals surface area (Å²) in [6.07, 6.45) is 1.82. The largest absolute Gasteiger partial charge is 0.497 e. The van der Waals surface area contributed by atoms with Gasteiger partial charge < -0.3 is 19.9 Å². The summed E-state index contributed by atoms with van der Waals surface area (Å²) >= 11 is 0. The standard InChI is InChI=1S/C14H16N2O4/c1-19-13-4-2-10(3-5-13)16-12-6-11(8-20-9-12)15-7-14(17)18/h2-6,15H,7-9H2,1H3,(H,17,18)/b16-12-. The molecule has 0 amide bonds. The zero-order valence-electron chi connectivity index (χ0n) is 11.1. The Labute approximate surface area is 116 Å². The van der Waals surface area contributed by atoms with Gasteiger partial charge in [0, 0.05) is 5.70 Å². The van der Waals surface area contributed by atoms with Crippen molar-refractivity contribution in [1.82, 2.24) is 5.32 Å². The molecule has 0 radical (unpaired) electrons. The number of rotatable bonds is 5. The maximum Gasteiger partial charge on any atom is 0.322 e. The molecule has 2 rings (SSSR count). The Balaban J connectivity index is 2.07. The van der Waals surface area contributed by atoms with Crippen molar-refractivity contribution in [2.24, 2.45) is 4.99 Å². The first-order valence-electron chi connectivity index (χ1n) is 6.13. The van der Waals surface area contributed by atoms with Gasteiger partial charge in [-0.15, -0.1) is 0 Å². The fourth-order valence-corrected chi connectivity index (χ4v) is 1.73. The van der Waals surface area contributed by atoms with Crippen LogP contribution in [0.4, 0.5) is 5.69 Å². The van der Waals surface area contributed by atoms with Crippen molar-refractivity contribution >= 4 is 17.4 Å². The number of carboxylic acid groups (broad SMARTS) is 1. The molecule has 106 valence electrons. The lowest BCUT2D eigenvalue weighted by Crippen LogP contribution is -2.28. The van der Waals surface area contributed by atoms with Crippen molar-refractivity contribution in [3.05, 3.63) is 36.0 Å². The fraction of sp³-hybridized carbons (Fsp3) is 0.286. The van der Waals surface area contributed by atoms with Gasteiger partial charge >= 0.3 is 5.97 Å². The Morgan fingerprint density at radius 3 is 2.80 bits per heavy atom. The van der Waals surface area contributed by atoms with E-state index in [2.05, 4.69) is 10.3 Å². The van der Waals surface area contributed by atoms with Gasteiger partial charge in [0.1, 0.15) is 12.3 Å². The van der Waals surface area contributed by atoms with E-state index in [4.69, 9.17) is 14.6 Å². The molecule has 0 saturated carbocycles. The molecule has 2 N–H and O–H groups in total. The Hall–Kier alpha value is -2.34. The van der Waals surface area contributed by atoms with Crippen molar-refractivity contribution in [3.63, 3.8) is 0 Å². The average Bonchev–Trinajstić information content (AvgIpc) is 2.46. The van der Waals surface area contributed by atoms with E-state index in [-0.39, 0.29) is 6.54 Å². The van der Waals surface area contributed by atoms with E-state index in [1.165, 1.54) is 0 Å². The molecule has 0 fully saturated rings. The second-order valence-electron chi connectivity index (χ2n) is 4.21. The van der Waals surface area contributed by atoms with Crippen LogP contribution in [0.1, 0.15) is 0 Å². The summed E-state index contributed by atoms with van der Waals surface area (Å²) in [5.41, 5.74) is 2.25. The third kappa shape index (κ3) is 4.10. The number of benzene rings is 1. The number of methoxy groups -OCH3 is 1. The first kappa shape index (κ1) is 14.1. The van der Waals surface area contributed by atoms with Crippen LogP contribution < -0.4 is 10.1 Å². The summed E-state index contributed by atoms with van der Waals surface area (Å²) in [5, 5.41) is 11.4. The Morgan fingerprint density at radius 1 is 1.40 bits per heavy atom. The second kappa shape index (κ2) is 6.72. The number of nitrogens with one attached hydrogen (secondary N) is 1. The minimum absolute atomic E-state index is 0.134. The van der Waals surface area contributed by atoms with E-state index in [0.717, 1.165) is 17.1 Å². The molecule has 20 heavy (non-hydrogen) atoms. The number of carbonyl (C=O) groups is 1. The number of hydrogen-bond acceptors (Lipinski definition) is 5. The summed E-state index contributed by atoms with van der Waals surface area (Å²) < 4.78 is 10.4. The summed E-state index contributed by atoms with van der Waals surface area (Å²) in [6.45, 7) is 0.643. The SMILES string of the molecule is COc1ccc(/N=C2/C=C(NCC(=O)O)COC2)cc1. The third-order valence-corrected chi connectivity index (χ3v) is 2.66. The fourth-order valence-electron chi connectivity index (χ4n) is 1.73. The van der Waals surface area contributed by atoms with Crippen LogP contribution in [0, 0.1) is 0 Å². The van der Waals surface area contributed by atoms with Crippen LogP contribution in [0.3, 0.4) is 0 Å². The Morgan fingerprint density at radius 2 is 2.15 bits per heavy atom. The number of aliphatic carboxylic acids is 1. The van der Waals surface area contributed by atoms with E-state index in [1.807, 2.05) is 30.3 Å². The number of carboxylic acids is 1. The van der Waals surface area contributed by atoms with Gasteiger partial charge in [-0.1, -0.05) is 0 Å². The predicted octanol–water partition coefficient (Wildman–Crippen LogP) is 1.36. The van der Waals surface area contributed by atoms with Crippen LogP contribution >= 0.6 is 0 Å². The zero-order chi connectivity index (χ0) is 14.4. The van der Waals surface area contributed by atoms with Gasteiger partial charge in [0.15, 0.2) is 0 Å². The number of nitrogens with zero attached hydrogens (tertiary/aromatic N) is 1. The van der Waals surface area contributed by atoms with Gasteiger partial charge in [-0.25, -0.2) is 0 Å². The van der Waals surface area contributed by atoms with Crippen molar-refractivity contribution in [3.8, 4) is 5.75 Å². The average molecular weight is 276 g/mol. The summed E-state index contributed by atoms with van der Waals surface area (Å²) in [5.74, 6) is -0.140. The smallest absolute Gasteiger partial charge is 0.322 e. The molecule has 0 saturated heterocycles. The van der Waals surface area contributed by atoms with Crippen molar-refractivity contribution < 1.29 is 19.4 Å². The minimum Gasteiger partial charge on any atom is -0.497 e. The molecule has 0 aliphatic carbocycles. The lowest BCUT2D eigenvalue weighted by Gasteiger charge is -2.16. The molecule has 0 spiro atoms. The molecule has 1 heterocycles. The number of hydrogen-bond donors (Lipinski definition) is 2. The normalized spacial score (nSPS) is 16.6. The van der Waals surface area contributed by atoms with Crippen LogP contribution in [0.2, 0.25) is 0 Å². The summed E-state index contributed by atoms with van der Waals surface area (Å²) in [6, 6.07) is 7.35. The summed E-state index contributed by atoms with van der Waals surface area (Å²) in [4.78, 5) is 14.9. The lowest BCUT2D eigenvalue weighted by molar-refractivity contribution is -0.135. The molecule has 0 bridgehead atoms. The lowest BCUT2D eigenvalue weighted by atomic mass is 10.2. The monoisotopic (exact) mass is 276 g/mol. The molecule has 1 aromatic carbocycles.